The van der Waals surface area contributed by atoms with Crippen LogP contribution in [-0.2, 0) is 11.2 Å². The molecule has 0 atom stereocenters. The van der Waals surface area contributed by atoms with E-state index in [-0.39, 0.29) is 22.5 Å². The van der Waals surface area contributed by atoms with Crippen LogP contribution in [0.25, 0.3) is 0 Å². The molecule has 1 amide bonds. The van der Waals surface area contributed by atoms with Crippen molar-refractivity contribution in [2.75, 3.05) is 25.1 Å². The van der Waals surface area contributed by atoms with E-state index in [1.165, 1.54) is 6.07 Å². The number of nitrogens with one attached hydrogen (secondary N) is 2. The second kappa shape index (κ2) is 9.80. The molecule has 0 spiro atoms. The number of hydrogen-bond donors (Lipinski definition) is 2. The van der Waals surface area contributed by atoms with Crippen molar-refractivity contribution in [1.82, 2.24) is 15.3 Å². The number of carbonyl (C=O) groups excluding carboxylic acids is 1. The largest absolute Gasteiger partial charge is 0.394 e. The lowest BCUT2D eigenvalue weighted by molar-refractivity contribution is -0.127. The smallest absolute Gasteiger partial charge is 0.381 e. The van der Waals surface area contributed by atoms with Gasteiger partial charge < -0.3 is 15.4 Å². The van der Waals surface area contributed by atoms with Crippen LogP contribution < -0.4 is 10.6 Å². The summed E-state index contributed by atoms with van der Waals surface area (Å²) in [6, 6.07) is 4.58. The lowest BCUT2D eigenvalue weighted by Crippen LogP contribution is -2.33. The molecule has 3 rings (SSSR count). The number of ether oxygens (including phenoxy) is 1. The van der Waals surface area contributed by atoms with Gasteiger partial charge in [-0.3, -0.25) is 4.79 Å². The lowest BCUT2D eigenvalue weighted by Gasteiger charge is -2.22. The van der Waals surface area contributed by atoms with Gasteiger partial charge in [-0.2, -0.15) is 13.2 Å². The number of hydrogen-bond acceptors (Lipinski definition) is 5. The van der Waals surface area contributed by atoms with Crippen molar-refractivity contribution in [3.63, 3.8) is 0 Å². The van der Waals surface area contributed by atoms with Crippen molar-refractivity contribution in [1.29, 1.82) is 0 Å². The molecule has 30 heavy (non-hydrogen) atoms. The Balaban J connectivity index is 1.78. The van der Waals surface area contributed by atoms with E-state index in [9.17, 15) is 18.0 Å². The van der Waals surface area contributed by atoms with Crippen LogP contribution in [0.1, 0.15) is 28.9 Å². The summed E-state index contributed by atoms with van der Waals surface area (Å²) in [6.45, 7) is 1.57. The number of aromatic nitrogens is 2. The third kappa shape index (κ3) is 6.45. The predicted octanol–water partition coefficient (Wildman–Crippen LogP) is 4.79. The minimum atomic E-state index is -4.54. The van der Waals surface area contributed by atoms with Crippen LogP contribution >= 0.6 is 23.2 Å². The van der Waals surface area contributed by atoms with Gasteiger partial charge in [-0.1, -0.05) is 23.2 Å². The van der Waals surface area contributed by atoms with Crippen LogP contribution in [0.15, 0.2) is 24.4 Å². The van der Waals surface area contributed by atoms with Crippen molar-refractivity contribution in [3.05, 3.63) is 45.7 Å². The number of benzene rings is 1. The third-order valence-corrected chi connectivity index (χ3v) is 5.10. The fourth-order valence-electron chi connectivity index (χ4n) is 2.99. The standard InChI is InChI=1S/C19H19Cl2F3N4O2/c20-12-1-2-15(14(21)7-12)27-18-26-10-13(16(28-18)8-19(22,23)24)17(29)25-9-11-3-5-30-6-4-11/h1-2,7,10-11H,3-6,8-9H2,(H,25,29)(H,26,27,28). The highest BCUT2D eigenvalue weighted by atomic mass is 35.5. The Bertz CT molecular complexity index is 906. The van der Waals surface area contributed by atoms with Gasteiger partial charge >= 0.3 is 6.18 Å². The first-order valence-corrected chi connectivity index (χ1v) is 9.97. The van der Waals surface area contributed by atoms with Crippen LogP contribution in [0.5, 0.6) is 0 Å². The summed E-state index contributed by atoms with van der Waals surface area (Å²) in [5.41, 5.74) is -0.266. The topological polar surface area (TPSA) is 76.1 Å². The maximum atomic E-state index is 13.1. The van der Waals surface area contributed by atoms with Crippen LogP contribution in [0.2, 0.25) is 10.0 Å². The normalized spacial score (nSPS) is 15.1. The van der Waals surface area contributed by atoms with Gasteiger partial charge in [0, 0.05) is 31.0 Å². The molecule has 1 fully saturated rings. The van der Waals surface area contributed by atoms with Gasteiger partial charge in [0.15, 0.2) is 0 Å². The fraction of sp³-hybridized carbons (Fsp3) is 0.421. The van der Waals surface area contributed by atoms with Gasteiger partial charge in [-0.15, -0.1) is 0 Å². The number of anilines is 2. The zero-order valence-electron chi connectivity index (χ0n) is 15.7. The summed E-state index contributed by atoms with van der Waals surface area (Å²) in [4.78, 5) is 20.4. The molecule has 0 unspecified atom stereocenters. The molecule has 1 aliphatic rings. The minimum absolute atomic E-state index is 0.112. The maximum Gasteiger partial charge on any atom is 0.394 e. The fourth-order valence-corrected chi connectivity index (χ4v) is 3.44. The zero-order chi connectivity index (χ0) is 21.7. The summed E-state index contributed by atoms with van der Waals surface area (Å²) in [7, 11) is 0. The SMILES string of the molecule is O=C(NCC1CCOCC1)c1cnc(Nc2ccc(Cl)cc2Cl)nc1CC(F)(F)F. The molecule has 11 heteroatoms. The van der Waals surface area contributed by atoms with Crippen LogP contribution in [-0.4, -0.2) is 41.8 Å². The first-order valence-electron chi connectivity index (χ1n) is 9.22. The van der Waals surface area contributed by atoms with E-state index < -0.39 is 24.2 Å². The summed E-state index contributed by atoms with van der Waals surface area (Å²) < 4.78 is 44.5. The van der Waals surface area contributed by atoms with E-state index in [2.05, 4.69) is 20.6 Å². The number of nitrogens with zero attached hydrogens (tertiary/aromatic N) is 2. The average Bonchev–Trinajstić information content (AvgIpc) is 2.68. The van der Waals surface area contributed by atoms with Crippen LogP contribution in [0, 0.1) is 5.92 Å². The Morgan fingerprint density at radius 1 is 1.23 bits per heavy atom. The molecule has 0 saturated carbocycles. The first kappa shape index (κ1) is 22.6. The van der Waals surface area contributed by atoms with E-state index in [4.69, 9.17) is 27.9 Å². The molecular weight excluding hydrogens is 444 g/mol. The average molecular weight is 463 g/mol. The van der Waals surface area contributed by atoms with Gasteiger partial charge in [0.1, 0.15) is 0 Å². The molecular formula is C19H19Cl2F3N4O2. The predicted molar refractivity (Wildman–Crippen MR) is 107 cm³/mol. The Morgan fingerprint density at radius 2 is 1.97 bits per heavy atom. The summed E-state index contributed by atoms with van der Waals surface area (Å²) >= 11 is 11.9. The second-order valence-electron chi connectivity index (χ2n) is 6.86. The van der Waals surface area contributed by atoms with Crippen molar-refractivity contribution in [2.45, 2.75) is 25.4 Å². The van der Waals surface area contributed by atoms with Gasteiger partial charge in [0.25, 0.3) is 5.91 Å². The molecule has 0 radical (unpaired) electrons. The summed E-state index contributed by atoms with van der Waals surface area (Å²) in [5.74, 6) is -0.529. The molecule has 2 N–H and O–H groups in total. The van der Waals surface area contributed by atoms with Crippen molar-refractivity contribution >= 4 is 40.7 Å². The highest BCUT2D eigenvalue weighted by molar-refractivity contribution is 6.36. The second-order valence-corrected chi connectivity index (χ2v) is 7.70. The van der Waals surface area contributed by atoms with E-state index in [0.717, 1.165) is 19.0 Å². The molecule has 1 aliphatic heterocycles. The molecule has 1 aromatic carbocycles. The number of alkyl halides is 3. The van der Waals surface area contributed by atoms with Crippen molar-refractivity contribution in [3.8, 4) is 0 Å². The highest BCUT2D eigenvalue weighted by Crippen LogP contribution is 2.28. The van der Waals surface area contributed by atoms with E-state index >= 15 is 0 Å². The molecule has 6 nitrogen and oxygen atoms in total. The number of carbonyl (C=O) groups is 1. The minimum Gasteiger partial charge on any atom is -0.381 e. The maximum absolute atomic E-state index is 13.1. The first-order chi connectivity index (χ1) is 14.2. The molecule has 1 saturated heterocycles. The number of amides is 1. The Morgan fingerprint density at radius 3 is 2.63 bits per heavy atom. The van der Waals surface area contributed by atoms with Gasteiger partial charge in [0.2, 0.25) is 5.95 Å². The Labute approximate surface area is 181 Å². The summed E-state index contributed by atoms with van der Waals surface area (Å²) in [6.07, 6.45) is -3.24. The number of halogens is 5. The van der Waals surface area contributed by atoms with Gasteiger partial charge in [0.05, 0.1) is 28.4 Å². The summed E-state index contributed by atoms with van der Waals surface area (Å²) in [5, 5.41) is 6.09. The van der Waals surface area contributed by atoms with Crippen LogP contribution in [0.3, 0.4) is 0 Å². The van der Waals surface area contributed by atoms with E-state index in [0.29, 0.717) is 30.5 Å². The molecule has 2 aromatic rings. The Hall–Kier alpha value is -2.10. The van der Waals surface area contributed by atoms with Crippen molar-refractivity contribution in [2.24, 2.45) is 5.92 Å². The highest BCUT2D eigenvalue weighted by Gasteiger charge is 2.31. The quantitative estimate of drug-likeness (QED) is 0.645. The van der Waals surface area contributed by atoms with Gasteiger partial charge in [-0.05, 0) is 37.0 Å². The molecule has 2 heterocycles. The van der Waals surface area contributed by atoms with Crippen LogP contribution in [0.4, 0.5) is 24.8 Å². The zero-order valence-corrected chi connectivity index (χ0v) is 17.2. The number of rotatable bonds is 6. The van der Waals surface area contributed by atoms with E-state index in [1.807, 2.05) is 0 Å². The molecule has 1 aromatic heterocycles. The molecule has 162 valence electrons. The lowest BCUT2D eigenvalue weighted by atomic mass is 10.0. The van der Waals surface area contributed by atoms with E-state index in [1.54, 1.807) is 12.1 Å². The van der Waals surface area contributed by atoms with Crippen molar-refractivity contribution < 1.29 is 22.7 Å². The third-order valence-electron chi connectivity index (χ3n) is 4.55. The monoisotopic (exact) mass is 462 g/mol. The Kier molecular flexibility index (Phi) is 7.38. The molecule has 0 bridgehead atoms. The van der Waals surface area contributed by atoms with Gasteiger partial charge in [-0.25, -0.2) is 9.97 Å². The molecule has 0 aliphatic carbocycles.